The Labute approximate surface area is 331 Å². The minimum atomic E-state index is -0.822. The molecule has 0 aliphatic carbocycles. The van der Waals surface area contributed by atoms with E-state index in [1.54, 1.807) is 0 Å². The number of ether oxygens (including phenoxy) is 1. The van der Waals surface area contributed by atoms with E-state index in [4.69, 9.17) is 4.74 Å². The summed E-state index contributed by atoms with van der Waals surface area (Å²) in [6.07, 6.45) is 53.5. The molecule has 1 amide bonds. The van der Waals surface area contributed by atoms with Crippen molar-refractivity contribution in [3.8, 4) is 0 Å². The van der Waals surface area contributed by atoms with E-state index in [2.05, 4.69) is 68.6 Å². The van der Waals surface area contributed by atoms with Crippen LogP contribution in [-0.4, -0.2) is 46.9 Å². The van der Waals surface area contributed by atoms with Crippen molar-refractivity contribution in [1.29, 1.82) is 0 Å². The lowest BCUT2D eigenvalue weighted by Gasteiger charge is -2.24. The lowest BCUT2D eigenvalue weighted by molar-refractivity contribution is -0.150. The van der Waals surface area contributed by atoms with Crippen LogP contribution >= 0.6 is 0 Å². The topological polar surface area (TPSA) is 95.9 Å². The van der Waals surface area contributed by atoms with Crippen molar-refractivity contribution in [2.24, 2.45) is 0 Å². The van der Waals surface area contributed by atoms with Gasteiger partial charge in [-0.15, -0.1) is 0 Å². The third kappa shape index (κ3) is 35.8. The van der Waals surface area contributed by atoms with Crippen molar-refractivity contribution >= 4 is 11.9 Å². The molecule has 3 N–H and O–H groups in total. The van der Waals surface area contributed by atoms with Crippen LogP contribution in [0, 0.1) is 0 Å². The first-order valence-electron chi connectivity index (χ1n) is 21.6. The molecule has 0 aromatic carbocycles. The van der Waals surface area contributed by atoms with Crippen LogP contribution in [0.1, 0.15) is 168 Å². The fourth-order valence-electron chi connectivity index (χ4n) is 5.86. The normalized spacial score (nSPS) is 14.4. The van der Waals surface area contributed by atoms with Gasteiger partial charge in [0.05, 0.1) is 25.2 Å². The Morgan fingerprint density at radius 3 is 1.57 bits per heavy atom. The summed E-state index contributed by atoms with van der Waals surface area (Å²) in [5.74, 6) is -0.636. The fraction of sp³-hybridized carbons (Fsp3) is 0.625. The standard InChI is InChI=1S/C48H79NO5/c1-4-7-10-13-16-19-21-22-23-24-26-29-32-35-38-41-48(53)54-44(39-36-33-30-28-25-20-17-14-11-8-5-2)42-47(52)49-45(43-50)46(51)40-37-34-31-27-18-15-12-9-6-3/h7-8,10-11,13-14,16-17,19-21,25,28,30,33,36,44-46,50-51H,4-6,9,12,15,18,22-24,26-27,29,31-32,34-35,37-43H2,1-3H3,(H,49,52)/b10-7+,11-8+,16-13+,17-14+,21-19+,25-20-,30-28-,36-33+. The first kappa shape index (κ1) is 50.8. The number of amides is 1. The molecule has 0 saturated heterocycles. The van der Waals surface area contributed by atoms with Gasteiger partial charge in [0.25, 0.3) is 0 Å². The zero-order chi connectivity index (χ0) is 39.6. The summed E-state index contributed by atoms with van der Waals surface area (Å²) in [5.41, 5.74) is 0. The summed E-state index contributed by atoms with van der Waals surface area (Å²) in [5, 5.41) is 23.5. The van der Waals surface area contributed by atoms with Crippen molar-refractivity contribution in [3.05, 3.63) is 97.2 Å². The van der Waals surface area contributed by atoms with Crippen LogP contribution in [0.5, 0.6) is 0 Å². The second-order valence-corrected chi connectivity index (χ2v) is 14.2. The molecular weight excluding hydrogens is 671 g/mol. The van der Waals surface area contributed by atoms with Gasteiger partial charge in [-0.25, -0.2) is 0 Å². The third-order valence-corrected chi connectivity index (χ3v) is 9.10. The lowest BCUT2D eigenvalue weighted by atomic mass is 10.0. The number of unbranched alkanes of at least 4 members (excludes halogenated alkanes) is 15. The molecule has 6 heteroatoms. The molecular formula is C48H79NO5. The number of rotatable bonds is 36. The van der Waals surface area contributed by atoms with Crippen molar-refractivity contribution in [2.75, 3.05) is 6.61 Å². The SMILES string of the molecule is CC/C=C/C=C/C=C\C=C/C=C/CC(CC(=O)NC(CO)C(O)CCCCCCCCCCC)OC(=O)CCCCCCCCC/C=C/C=C/C=C/CC. The molecule has 3 atom stereocenters. The van der Waals surface area contributed by atoms with Crippen molar-refractivity contribution < 1.29 is 24.5 Å². The average molecular weight is 750 g/mol. The second kappa shape index (κ2) is 41.0. The molecule has 0 aliphatic rings. The molecule has 3 unspecified atom stereocenters. The number of hydrogen-bond donors (Lipinski definition) is 3. The molecule has 0 aromatic heterocycles. The number of nitrogens with one attached hydrogen (secondary N) is 1. The predicted octanol–water partition coefficient (Wildman–Crippen LogP) is 12.2. The molecule has 0 aliphatic heterocycles. The summed E-state index contributed by atoms with van der Waals surface area (Å²) in [6, 6.07) is -0.744. The van der Waals surface area contributed by atoms with Crippen molar-refractivity contribution in [3.63, 3.8) is 0 Å². The largest absolute Gasteiger partial charge is 0.461 e. The molecule has 0 spiro atoms. The van der Waals surface area contributed by atoms with Gasteiger partial charge >= 0.3 is 5.97 Å². The number of allylic oxidation sites excluding steroid dienone is 15. The first-order chi connectivity index (χ1) is 26.5. The van der Waals surface area contributed by atoms with Gasteiger partial charge < -0.3 is 20.3 Å². The number of aliphatic hydroxyl groups excluding tert-OH is 2. The smallest absolute Gasteiger partial charge is 0.306 e. The van der Waals surface area contributed by atoms with Gasteiger partial charge in [-0.1, -0.05) is 208 Å². The molecule has 54 heavy (non-hydrogen) atoms. The Morgan fingerprint density at radius 1 is 0.574 bits per heavy atom. The summed E-state index contributed by atoms with van der Waals surface area (Å²) >= 11 is 0. The van der Waals surface area contributed by atoms with E-state index in [-0.39, 0.29) is 24.9 Å². The van der Waals surface area contributed by atoms with Crippen molar-refractivity contribution in [1.82, 2.24) is 5.32 Å². The highest BCUT2D eigenvalue weighted by molar-refractivity contribution is 5.77. The Morgan fingerprint density at radius 2 is 1.04 bits per heavy atom. The van der Waals surface area contributed by atoms with Gasteiger partial charge in [0.15, 0.2) is 0 Å². The Balaban J connectivity index is 4.77. The number of carbonyl (C=O) groups is 2. The van der Waals surface area contributed by atoms with Gasteiger partial charge in [0, 0.05) is 12.8 Å². The highest BCUT2D eigenvalue weighted by atomic mass is 16.5. The quantitative estimate of drug-likeness (QED) is 0.0337. The molecule has 0 aromatic rings. The summed E-state index contributed by atoms with van der Waals surface area (Å²) in [4.78, 5) is 25.9. The first-order valence-corrected chi connectivity index (χ1v) is 21.6. The second-order valence-electron chi connectivity index (χ2n) is 14.2. The Bertz CT molecular complexity index is 1110. The molecule has 0 radical (unpaired) electrons. The van der Waals surface area contributed by atoms with Gasteiger partial charge in [-0.3, -0.25) is 9.59 Å². The lowest BCUT2D eigenvalue weighted by Crippen LogP contribution is -2.46. The Kier molecular flexibility index (Phi) is 38.5. The summed E-state index contributed by atoms with van der Waals surface area (Å²) in [7, 11) is 0. The Hall–Kier alpha value is -3.22. The van der Waals surface area contributed by atoms with Gasteiger partial charge in [0.2, 0.25) is 5.91 Å². The molecule has 0 bridgehead atoms. The molecule has 6 nitrogen and oxygen atoms in total. The van der Waals surface area contributed by atoms with E-state index in [1.165, 1.54) is 64.2 Å². The van der Waals surface area contributed by atoms with E-state index in [0.717, 1.165) is 57.8 Å². The van der Waals surface area contributed by atoms with Crippen LogP contribution in [0.4, 0.5) is 0 Å². The van der Waals surface area contributed by atoms with Gasteiger partial charge in [-0.05, 0) is 38.5 Å². The van der Waals surface area contributed by atoms with Crippen LogP contribution in [0.3, 0.4) is 0 Å². The number of carbonyl (C=O) groups excluding carboxylic acids is 2. The van der Waals surface area contributed by atoms with Crippen LogP contribution in [0.15, 0.2) is 97.2 Å². The number of esters is 1. The van der Waals surface area contributed by atoms with Crippen LogP contribution in [0.2, 0.25) is 0 Å². The molecule has 0 rings (SSSR count). The van der Waals surface area contributed by atoms with Gasteiger partial charge in [-0.2, -0.15) is 0 Å². The minimum absolute atomic E-state index is 0.0294. The van der Waals surface area contributed by atoms with E-state index >= 15 is 0 Å². The maximum atomic E-state index is 13.0. The average Bonchev–Trinajstić information content (AvgIpc) is 3.16. The van der Waals surface area contributed by atoms with Crippen LogP contribution < -0.4 is 5.32 Å². The molecule has 0 saturated carbocycles. The number of aliphatic hydroxyl groups is 2. The fourth-order valence-corrected chi connectivity index (χ4v) is 5.86. The van der Waals surface area contributed by atoms with E-state index in [1.807, 2.05) is 54.7 Å². The third-order valence-electron chi connectivity index (χ3n) is 9.10. The van der Waals surface area contributed by atoms with E-state index < -0.39 is 18.2 Å². The predicted molar refractivity (Wildman–Crippen MR) is 231 cm³/mol. The van der Waals surface area contributed by atoms with Crippen LogP contribution in [-0.2, 0) is 14.3 Å². The maximum absolute atomic E-state index is 13.0. The molecule has 306 valence electrons. The van der Waals surface area contributed by atoms with Crippen molar-refractivity contribution in [2.45, 2.75) is 187 Å². The minimum Gasteiger partial charge on any atom is -0.461 e. The zero-order valence-electron chi connectivity index (χ0n) is 34.6. The number of hydrogen-bond acceptors (Lipinski definition) is 5. The highest BCUT2D eigenvalue weighted by Gasteiger charge is 2.23. The molecule has 0 heterocycles. The van der Waals surface area contributed by atoms with E-state index in [0.29, 0.717) is 19.3 Å². The van der Waals surface area contributed by atoms with Crippen LogP contribution in [0.25, 0.3) is 0 Å². The van der Waals surface area contributed by atoms with Gasteiger partial charge in [0.1, 0.15) is 6.10 Å². The zero-order valence-corrected chi connectivity index (χ0v) is 34.6. The van der Waals surface area contributed by atoms with E-state index in [9.17, 15) is 19.8 Å². The molecule has 0 fully saturated rings. The highest BCUT2D eigenvalue weighted by Crippen LogP contribution is 2.15. The monoisotopic (exact) mass is 750 g/mol. The maximum Gasteiger partial charge on any atom is 0.306 e. The summed E-state index contributed by atoms with van der Waals surface area (Å²) < 4.78 is 5.80. The summed E-state index contributed by atoms with van der Waals surface area (Å²) in [6.45, 7) is 6.11.